The van der Waals surface area contributed by atoms with E-state index in [0.29, 0.717) is 12.6 Å². The molecule has 0 aliphatic rings. The number of hydrogen-bond acceptors (Lipinski definition) is 3. The second kappa shape index (κ2) is 8.85. The number of rotatable bonds is 9. The minimum atomic E-state index is 0.530. The third-order valence-corrected chi connectivity index (χ3v) is 3.91. The highest BCUT2D eigenvalue weighted by atomic mass is 16.5. The molecule has 1 unspecified atom stereocenters. The summed E-state index contributed by atoms with van der Waals surface area (Å²) in [7, 11) is 1.68. The molecule has 0 heterocycles. The molecule has 114 valence electrons. The molecule has 0 saturated carbocycles. The number of benzene rings is 1. The first-order valence-corrected chi connectivity index (χ1v) is 7.69. The molecule has 0 aromatic heterocycles. The van der Waals surface area contributed by atoms with Crippen molar-refractivity contribution in [2.24, 2.45) is 5.92 Å². The minimum Gasteiger partial charge on any atom is -0.493 e. The normalized spacial score (nSPS) is 12.5. The molecular weight excluding hydrogens is 250 g/mol. The first kappa shape index (κ1) is 16.8. The highest BCUT2D eigenvalue weighted by molar-refractivity contribution is 5.42. The Morgan fingerprint density at radius 3 is 2.35 bits per heavy atom. The van der Waals surface area contributed by atoms with E-state index < -0.39 is 0 Å². The van der Waals surface area contributed by atoms with Gasteiger partial charge in [-0.15, -0.1) is 0 Å². The lowest BCUT2D eigenvalue weighted by Gasteiger charge is -2.22. The lowest BCUT2D eigenvalue weighted by atomic mass is 9.95. The Labute approximate surface area is 123 Å². The lowest BCUT2D eigenvalue weighted by molar-refractivity contribution is 0.310. The maximum Gasteiger partial charge on any atom is 0.161 e. The lowest BCUT2D eigenvalue weighted by Crippen LogP contribution is -2.32. The van der Waals surface area contributed by atoms with Gasteiger partial charge in [-0.3, -0.25) is 0 Å². The van der Waals surface area contributed by atoms with E-state index in [1.807, 2.05) is 13.0 Å². The molecule has 3 heteroatoms. The van der Waals surface area contributed by atoms with Crippen LogP contribution >= 0.6 is 0 Å². The zero-order valence-electron chi connectivity index (χ0n) is 13.5. The van der Waals surface area contributed by atoms with E-state index in [1.165, 1.54) is 18.4 Å². The summed E-state index contributed by atoms with van der Waals surface area (Å²) in [6, 6.07) is 6.67. The summed E-state index contributed by atoms with van der Waals surface area (Å²) in [5, 5.41) is 3.61. The van der Waals surface area contributed by atoms with Crippen molar-refractivity contribution in [1.29, 1.82) is 0 Å². The Morgan fingerprint density at radius 2 is 1.80 bits per heavy atom. The maximum absolute atomic E-state index is 5.54. The van der Waals surface area contributed by atoms with Gasteiger partial charge >= 0.3 is 0 Å². The molecule has 1 rings (SSSR count). The van der Waals surface area contributed by atoms with E-state index in [1.54, 1.807) is 7.11 Å². The Kier molecular flexibility index (Phi) is 7.45. The third-order valence-electron chi connectivity index (χ3n) is 3.91. The van der Waals surface area contributed by atoms with Gasteiger partial charge in [0.15, 0.2) is 11.5 Å². The summed E-state index contributed by atoms with van der Waals surface area (Å²) in [5.41, 5.74) is 1.23. The third kappa shape index (κ3) is 4.71. The van der Waals surface area contributed by atoms with Crippen LogP contribution in [0.4, 0.5) is 0 Å². The van der Waals surface area contributed by atoms with E-state index >= 15 is 0 Å². The van der Waals surface area contributed by atoms with Gasteiger partial charge in [0, 0.05) is 12.6 Å². The largest absolute Gasteiger partial charge is 0.493 e. The van der Waals surface area contributed by atoms with Crippen LogP contribution in [0.25, 0.3) is 0 Å². The first-order chi connectivity index (χ1) is 9.65. The Balaban J connectivity index is 2.64. The predicted molar refractivity (Wildman–Crippen MR) is 84.5 cm³/mol. The predicted octanol–water partition coefficient (Wildman–Crippen LogP) is 4.01. The summed E-state index contributed by atoms with van der Waals surface area (Å²) in [5.74, 6) is 2.35. The summed E-state index contributed by atoms with van der Waals surface area (Å²) in [4.78, 5) is 0. The van der Waals surface area contributed by atoms with Crippen molar-refractivity contribution < 1.29 is 9.47 Å². The van der Waals surface area contributed by atoms with Crippen LogP contribution in [0.5, 0.6) is 11.5 Å². The molecule has 1 aromatic rings. The van der Waals surface area contributed by atoms with E-state index in [2.05, 4.69) is 38.2 Å². The van der Waals surface area contributed by atoms with E-state index in [9.17, 15) is 0 Å². The van der Waals surface area contributed by atoms with Crippen molar-refractivity contribution in [3.63, 3.8) is 0 Å². The Hall–Kier alpha value is -1.22. The molecule has 0 saturated heterocycles. The van der Waals surface area contributed by atoms with Gasteiger partial charge in [-0.1, -0.05) is 32.8 Å². The number of ether oxygens (including phenoxy) is 2. The van der Waals surface area contributed by atoms with Crippen LogP contribution in [0, 0.1) is 5.92 Å². The van der Waals surface area contributed by atoms with Gasteiger partial charge in [0.25, 0.3) is 0 Å². The van der Waals surface area contributed by atoms with Gasteiger partial charge in [-0.05, 0) is 37.5 Å². The number of nitrogens with one attached hydrogen (secondary N) is 1. The zero-order valence-corrected chi connectivity index (χ0v) is 13.5. The molecule has 3 nitrogen and oxygen atoms in total. The quantitative estimate of drug-likeness (QED) is 0.741. The van der Waals surface area contributed by atoms with Crippen molar-refractivity contribution in [2.45, 2.75) is 53.1 Å². The van der Waals surface area contributed by atoms with Crippen LogP contribution in [-0.2, 0) is 6.54 Å². The molecule has 1 aromatic carbocycles. The summed E-state index contributed by atoms with van der Waals surface area (Å²) in [6.45, 7) is 10.3. The fourth-order valence-electron chi connectivity index (χ4n) is 2.54. The molecule has 0 spiro atoms. The fraction of sp³-hybridized carbons (Fsp3) is 0.647. The summed E-state index contributed by atoms with van der Waals surface area (Å²) in [6.07, 6.45) is 2.44. The van der Waals surface area contributed by atoms with Crippen molar-refractivity contribution in [2.75, 3.05) is 13.7 Å². The second-order valence-corrected chi connectivity index (χ2v) is 5.16. The Morgan fingerprint density at radius 1 is 1.10 bits per heavy atom. The molecule has 0 bridgehead atoms. The molecular formula is C17H29NO2. The van der Waals surface area contributed by atoms with E-state index in [4.69, 9.17) is 9.47 Å². The second-order valence-electron chi connectivity index (χ2n) is 5.16. The molecule has 20 heavy (non-hydrogen) atoms. The van der Waals surface area contributed by atoms with Crippen LogP contribution in [0.15, 0.2) is 18.2 Å². The van der Waals surface area contributed by atoms with Crippen molar-refractivity contribution >= 4 is 0 Å². The van der Waals surface area contributed by atoms with E-state index in [-0.39, 0.29) is 0 Å². The van der Waals surface area contributed by atoms with Gasteiger partial charge < -0.3 is 14.8 Å². The molecule has 1 N–H and O–H groups in total. The first-order valence-electron chi connectivity index (χ1n) is 7.69. The Bertz CT molecular complexity index is 389. The highest BCUT2D eigenvalue weighted by Gasteiger charge is 2.13. The minimum absolute atomic E-state index is 0.530. The maximum atomic E-state index is 5.54. The van der Waals surface area contributed by atoms with Gasteiger partial charge in [0.05, 0.1) is 13.7 Å². The topological polar surface area (TPSA) is 30.5 Å². The smallest absolute Gasteiger partial charge is 0.161 e. The standard InChI is InChI=1S/C17H29NO2/c1-6-15(7-2)13(4)18-12-14-9-10-16(20-8-3)17(11-14)19-5/h9-11,13,15,18H,6-8,12H2,1-5H3. The average Bonchev–Trinajstić information content (AvgIpc) is 2.47. The van der Waals surface area contributed by atoms with Crippen molar-refractivity contribution in [1.82, 2.24) is 5.32 Å². The van der Waals surface area contributed by atoms with Gasteiger partial charge in [0.2, 0.25) is 0 Å². The monoisotopic (exact) mass is 279 g/mol. The average molecular weight is 279 g/mol. The summed E-state index contributed by atoms with van der Waals surface area (Å²) >= 11 is 0. The van der Waals surface area contributed by atoms with Crippen LogP contribution in [0.1, 0.15) is 46.1 Å². The van der Waals surface area contributed by atoms with Crippen LogP contribution in [0.3, 0.4) is 0 Å². The molecule has 0 aliphatic carbocycles. The summed E-state index contributed by atoms with van der Waals surface area (Å²) < 4.78 is 10.9. The van der Waals surface area contributed by atoms with Crippen LogP contribution in [-0.4, -0.2) is 19.8 Å². The van der Waals surface area contributed by atoms with Crippen LogP contribution < -0.4 is 14.8 Å². The molecule has 0 radical (unpaired) electrons. The zero-order chi connectivity index (χ0) is 15.0. The number of hydrogen-bond donors (Lipinski definition) is 1. The van der Waals surface area contributed by atoms with Gasteiger partial charge in [-0.2, -0.15) is 0 Å². The highest BCUT2D eigenvalue weighted by Crippen LogP contribution is 2.28. The van der Waals surface area contributed by atoms with Gasteiger partial charge in [0.1, 0.15) is 0 Å². The van der Waals surface area contributed by atoms with Crippen molar-refractivity contribution in [3.8, 4) is 11.5 Å². The van der Waals surface area contributed by atoms with Gasteiger partial charge in [-0.25, -0.2) is 0 Å². The fourth-order valence-corrected chi connectivity index (χ4v) is 2.54. The number of methoxy groups -OCH3 is 1. The molecule has 0 fully saturated rings. The van der Waals surface area contributed by atoms with Crippen molar-refractivity contribution in [3.05, 3.63) is 23.8 Å². The molecule has 1 atom stereocenters. The van der Waals surface area contributed by atoms with Crippen LogP contribution in [0.2, 0.25) is 0 Å². The molecule has 0 aliphatic heterocycles. The SMILES string of the molecule is CCOc1ccc(CNC(C)C(CC)CC)cc1OC. The van der Waals surface area contributed by atoms with E-state index in [0.717, 1.165) is 24.0 Å². The molecule has 0 amide bonds.